The van der Waals surface area contributed by atoms with Crippen LogP contribution in [0, 0.1) is 0 Å². The van der Waals surface area contributed by atoms with Gasteiger partial charge in [0.05, 0.1) is 11.3 Å². The first kappa shape index (κ1) is 23.3. The molecule has 2 N–H and O–H groups in total. The number of halogens is 3. The van der Waals surface area contributed by atoms with Gasteiger partial charge in [0, 0.05) is 49.0 Å². The number of aryl methyl sites for hydroxylation is 1. The number of benzene rings is 2. The van der Waals surface area contributed by atoms with Gasteiger partial charge in [-0.2, -0.15) is 18.3 Å². The van der Waals surface area contributed by atoms with Gasteiger partial charge in [0.2, 0.25) is 5.95 Å². The monoisotopic (exact) mass is 493 g/mol. The zero-order chi connectivity index (χ0) is 25.4. The molecular weight excluding hydrogens is 471 g/mol. The summed E-state index contributed by atoms with van der Waals surface area (Å²) in [7, 11) is 0. The van der Waals surface area contributed by atoms with Crippen molar-refractivity contribution in [2.75, 3.05) is 28.6 Å². The highest BCUT2D eigenvalue weighted by molar-refractivity contribution is 6.06. The van der Waals surface area contributed by atoms with Crippen molar-refractivity contribution in [3.63, 3.8) is 0 Å². The van der Waals surface area contributed by atoms with Crippen molar-refractivity contribution >= 4 is 23.4 Å². The lowest BCUT2D eigenvalue weighted by Crippen LogP contribution is -2.31. The SMILES string of the molecule is CCn1cc(-c2cccc(N3CCN(c4ccc(C(F)(F)F)cc4)C3=O)c2)c(-c2ccnc(N)n2)n1. The van der Waals surface area contributed by atoms with Gasteiger partial charge in [-0.15, -0.1) is 0 Å². The lowest BCUT2D eigenvalue weighted by molar-refractivity contribution is -0.137. The molecule has 1 aliphatic rings. The fourth-order valence-electron chi connectivity index (χ4n) is 4.18. The van der Waals surface area contributed by atoms with Gasteiger partial charge in [-0.25, -0.2) is 14.8 Å². The van der Waals surface area contributed by atoms with Crippen molar-refractivity contribution in [3.8, 4) is 22.5 Å². The molecule has 2 aromatic carbocycles. The number of hydrogen-bond acceptors (Lipinski definition) is 5. The van der Waals surface area contributed by atoms with E-state index < -0.39 is 11.7 Å². The summed E-state index contributed by atoms with van der Waals surface area (Å²) < 4.78 is 40.5. The van der Waals surface area contributed by atoms with Crippen molar-refractivity contribution in [2.45, 2.75) is 19.6 Å². The van der Waals surface area contributed by atoms with E-state index in [4.69, 9.17) is 5.73 Å². The van der Waals surface area contributed by atoms with Crippen LogP contribution >= 0.6 is 0 Å². The average molecular weight is 493 g/mol. The number of carbonyl (C=O) groups is 1. The van der Waals surface area contributed by atoms with Crippen LogP contribution in [-0.2, 0) is 12.7 Å². The second-order valence-electron chi connectivity index (χ2n) is 8.23. The fourth-order valence-corrected chi connectivity index (χ4v) is 4.18. The highest BCUT2D eigenvalue weighted by atomic mass is 19.4. The molecule has 0 unspecified atom stereocenters. The van der Waals surface area contributed by atoms with Crippen LogP contribution in [0.15, 0.2) is 67.0 Å². The van der Waals surface area contributed by atoms with E-state index in [0.717, 1.165) is 23.3 Å². The summed E-state index contributed by atoms with van der Waals surface area (Å²) in [5, 5.41) is 4.64. The Morgan fingerprint density at radius 3 is 2.39 bits per heavy atom. The van der Waals surface area contributed by atoms with Crippen LogP contribution in [0.1, 0.15) is 12.5 Å². The van der Waals surface area contributed by atoms with Gasteiger partial charge in [-0.1, -0.05) is 12.1 Å². The van der Waals surface area contributed by atoms with E-state index in [-0.39, 0.29) is 12.0 Å². The van der Waals surface area contributed by atoms with Gasteiger partial charge in [0.25, 0.3) is 0 Å². The second-order valence-corrected chi connectivity index (χ2v) is 8.23. The highest BCUT2D eigenvalue weighted by Crippen LogP contribution is 2.35. The third-order valence-corrected chi connectivity index (χ3v) is 5.99. The number of hydrogen-bond donors (Lipinski definition) is 1. The quantitative estimate of drug-likeness (QED) is 0.419. The maximum Gasteiger partial charge on any atom is 0.416 e. The largest absolute Gasteiger partial charge is 0.416 e. The molecule has 184 valence electrons. The van der Waals surface area contributed by atoms with Gasteiger partial charge in [-0.05, 0) is 55.0 Å². The highest BCUT2D eigenvalue weighted by Gasteiger charge is 2.33. The zero-order valence-corrected chi connectivity index (χ0v) is 19.3. The minimum Gasteiger partial charge on any atom is -0.368 e. The summed E-state index contributed by atoms with van der Waals surface area (Å²) in [5.41, 5.74) is 8.99. The standard InChI is InChI=1S/C25H22F3N7O/c1-2-33-15-20(22(32-33)21-10-11-30-23(29)31-21)16-4-3-5-19(14-16)35-13-12-34(24(35)36)18-8-6-17(7-9-18)25(26,27)28/h3-11,14-15H,2,12-13H2,1H3,(H2,29,30,31). The first-order valence-electron chi connectivity index (χ1n) is 11.3. The maximum absolute atomic E-state index is 13.2. The summed E-state index contributed by atoms with van der Waals surface area (Å²) in [6.45, 7) is 3.38. The average Bonchev–Trinajstić information content (AvgIpc) is 3.47. The molecule has 0 spiro atoms. The molecule has 11 heteroatoms. The molecule has 0 bridgehead atoms. The Morgan fingerprint density at radius 1 is 1.00 bits per heavy atom. The third kappa shape index (κ3) is 4.35. The van der Waals surface area contributed by atoms with Crippen LogP contribution < -0.4 is 15.5 Å². The van der Waals surface area contributed by atoms with Crippen molar-refractivity contribution in [1.29, 1.82) is 0 Å². The van der Waals surface area contributed by atoms with E-state index in [1.54, 1.807) is 21.8 Å². The predicted octanol–water partition coefficient (Wildman–Crippen LogP) is 5.07. The van der Waals surface area contributed by atoms with E-state index in [9.17, 15) is 18.0 Å². The number of nitrogens with two attached hydrogens (primary N) is 1. The van der Waals surface area contributed by atoms with Gasteiger partial charge >= 0.3 is 12.2 Å². The molecule has 3 heterocycles. The number of amides is 2. The van der Waals surface area contributed by atoms with E-state index in [1.165, 1.54) is 17.0 Å². The Morgan fingerprint density at radius 2 is 1.72 bits per heavy atom. The predicted molar refractivity (Wildman–Crippen MR) is 130 cm³/mol. The molecule has 1 aliphatic heterocycles. The molecule has 36 heavy (non-hydrogen) atoms. The van der Waals surface area contributed by atoms with Crippen molar-refractivity contribution < 1.29 is 18.0 Å². The van der Waals surface area contributed by atoms with Crippen molar-refractivity contribution in [3.05, 3.63) is 72.6 Å². The minimum atomic E-state index is -4.43. The molecule has 0 atom stereocenters. The number of carbonyl (C=O) groups excluding carboxylic acids is 1. The van der Waals surface area contributed by atoms with Gasteiger partial charge < -0.3 is 5.73 Å². The molecule has 5 rings (SSSR count). The zero-order valence-electron chi connectivity index (χ0n) is 19.3. The Balaban J connectivity index is 1.44. The number of aromatic nitrogens is 4. The molecule has 8 nitrogen and oxygen atoms in total. The summed E-state index contributed by atoms with van der Waals surface area (Å²) in [6.07, 6.45) is -0.948. The van der Waals surface area contributed by atoms with E-state index >= 15 is 0 Å². The number of nitrogens with zero attached hydrogens (tertiary/aromatic N) is 6. The first-order valence-corrected chi connectivity index (χ1v) is 11.3. The number of rotatable bonds is 5. The van der Waals surface area contributed by atoms with Crippen LogP contribution in [0.3, 0.4) is 0 Å². The Bertz CT molecular complexity index is 1420. The lowest BCUT2D eigenvalue weighted by atomic mass is 10.0. The molecule has 0 radical (unpaired) electrons. The van der Waals surface area contributed by atoms with Crippen LogP contribution in [0.2, 0.25) is 0 Å². The van der Waals surface area contributed by atoms with Gasteiger partial charge in [-0.3, -0.25) is 14.5 Å². The molecule has 4 aromatic rings. The Labute approximate surface area is 204 Å². The van der Waals surface area contributed by atoms with Crippen LogP contribution in [0.25, 0.3) is 22.5 Å². The Hall–Kier alpha value is -4.41. The van der Waals surface area contributed by atoms with Gasteiger partial charge in [0.1, 0.15) is 5.69 Å². The normalized spacial score (nSPS) is 14.1. The first-order chi connectivity index (χ1) is 17.2. The molecular formula is C25H22F3N7O. The topological polar surface area (TPSA) is 93.2 Å². The summed E-state index contributed by atoms with van der Waals surface area (Å²) >= 11 is 0. The summed E-state index contributed by atoms with van der Waals surface area (Å²) in [6, 6.07) is 13.5. The Kier molecular flexibility index (Phi) is 5.83. The van der Waals surface area contributed by atoms with Crippen LogP contribution in [0.4, 0.5) is 35.3 Å². The number of alkyl halides is 3. The second kappa shape index (κ2) is 8.99. The van der Waals surface area contributed by atoms with E-state index in [0.29, 0.717) is 42.4 Å². The molecule has 1 saturated heterocycles. The molecule has 2 aromatic heterocycles. The lowest BCUT2D eigenvalue weighted by Gasteiger charge is -2.20. The summed E-state index contributed by atoms with van der Waals surface area (Å²) in [4.78, 5) is 24.5. The van der Waals surface area contributed by atoms with Gasteiger partial charge in [0.15, 0.2) is 0 Å². The van der Waals surface area contributed by atoms with E-state index in [1.807, 2.05) is 37.4 Å². The van der Waals surface area contributed by atoms with Crippen molar-refractivity contribution in [2.24, 2.45) is 0 Å². The minimum absolute atomic E-state index is 0.143. The number of urea groups is 1. The maximum atomic E-state index is 13.2. The van der Waals surface area contributed by atoms with Crippen LogP contribution in [0.5, 0.6) is 0 Å². The van der Waals surface area contributed by atoms with E-state index in [2.05, 4.69) is 15.1 Å². The summed E-state index contributed by atoms with van der Waals surface area (Å²) in [5.74, 6) is 0.143. The third-order valence-electron chi connectivity index (χ3n) is 5.99. The molecule has 1 fully saturated rings. The smallest absolute Gasteiger partial charge is 0.368 e. The molecule has 0 saturated carbocycles. The number of nitrogen functional groups attached to an aromatic ring is 1. The fraction of sp³-hybridized carbons (Fsp3) is 0.200. The number of anilines is 3. The molecule has 2 amide bonds. The van der Waals surface area contributed by atoms with Crippen molar-refractivity contribution in [1.82, 2.24) is 19.7 Å². The van der Waals surface area contributed by atoms with Crippen LogP contribution in [-0.4, -0.2) is 38.9 Å². The molecule has 0 aliphatic carbocycles.